The van der Waals surface area contributed by atoms with Crippen LogP contribution in [0.15, 0.2) is 0 Å². The second-order valence-electron chi connectivity index (χ2n) is 5.44. The Hall–Kier alpha value is -0.190. The summed E-state index contributed by atoms with van der Waals surface area (Å²) in [5.74, 6) is -0.500. The summed E-state index contributed by atoms with van der Waals surface area (Å²) in [4.78, 5) is 0. The first kappa shape index (κ1) is 12.9. The van der Waals surface area contributed by atoms with Gasteiger partial charge in [0.2, 0.25) is 0 Å². The van der Waals surface area contributed by atoms with Crippen molar-refractivity contribution in [2.75, 3.05) is 6.61 Å². The summed E-state index contributed by atoms with van der Waals surface area (Å²) in [6.45, 7) is 7.10. The highest BCUT2D eigenvalue weighted by Crippen LogP contribution is 2.36. The number of halogens is 1. The summed E-state index contributed by atoms with van der Waals surface area (Å²) >= 11 is 0. The largest absolute Gasteiger partial charge is 0.394 e. The number of ether oxygens (including phenoxy) is 1. The van der Waals surface area contributed by atoms with Crippen LogP contribution in [0.3, 0.4) is 0 Å². The Labute approximate surface area is 90.3 Å². The Morgan fingerprint density at radius 2 is 1.87 bits per heavy atom. The molecule has 0 aromatic carbocycles. The lowest BCUT2D eigenvalue weighted by Crippen LogP contribution is -2.56. The molecule has 15 heavy (non-hydrogen) atoms. The first-order valence-electron chi connectivity index (χ1n) is 5.37. The Morgan fingerprint density at radius 3 is 2.27 bits per heavy atom. The van der Waals surface area contributed by atoms with Crippen LogP contribution in [-0.2, 0) is 4.74 Å². The molecule has 0 bridgehead atoms. The third kappa shape index (κ3) is 2.49. The molecule has 1 aliphatic heterocycles. The van der Waals surface area contributed by atoms with Gasteiger partial charge in [0, 0.05) is 5.92 Å². The van der Waals surface area contributed by atoms with E-state index in [4.69, 9.17) is 9.84 Å². The monoisotopic (exact) mass is 220 g/mol. The Bertz CT molecular complexity index is 212. The Balaban J connectivity index is 2.83. The van der Waals surface area contributed by atoms with Gasteiger partial charge in [-0.2, -0.15) is 0 Å². The van der Waals surface area contributed by atoms with Crippen LogP contribution in [0, 0.1) is 11.3 Å². The molecule has 3 nitrogen and oxygen atoms in total. The van der Waals surface area contributed by atoms with Gasteiger partial charge in [0.25, 0.3) is 0 Å². The minimum atomic E-state index is -1.30. The molecular formula is C11H21FO3. The van der Waals surface area contributed by atoms with E-state index in [0.717, 1.165) is 0 Å². The molecule has 90 valence electrons. The van der Waals surface area contributed by atoms with Crippen molar-refractivity contribution in [3.05, 3.63) is 0 Å². The number of hydrogen-bond donors (Lipinski definition) is 2. The van der Waals surface area contributed by atoms with E-state index >= 15 is 0 Å². The molecule has 1 saturated heterocycles. The first-order chi connectivity index (χ1) is 6.79. The normalized spacial score (nSPS) is 43.0. The fourth-order valence-electron chi connectivity index (χ4n) is 2.01. The Morgan fingerprint density at radius 1 is 1.33 bits per heavy atom. The zero-order valence-electron chi connectivity index (χ0n) is 9.77. The van der Waals surface area contributed by atoms with E-state index in [0.29, 0.717) is 0 Å². The van der Waals surface area contributed by atoms with Gasteiger partial charge in [-0.1, -0.05) is 27.7 Å². The number of hydrogen-bond acceptors (Lipinski definition) is 3. The fraction of sp³-hybridized carbons (Fsp3) is 1.00. The van der Waals surface area contributed by atoms with Crippen LogP contribution in [0.2, 0.25) is 0 Å². The van der Waals surface area contributed by atoms with Crippen LogP contribution in [0.5, 0.6) is 0 Å². The second-order valence-corrected chi connectivity index (χ2v) is 5.44. The van der Waals surface area contributed by atoms with Crippen LogP contribution < -0.4 is 0 Å². The minimum Gasteiger partial charge on any atom is -0.394 e. The SMILES string of the molecule is C[C@@H]1[C@@H](O)[C@H](C(C)(C)C)O[C@H](CO)[C@H]1F. The van der Waals surface area contributed by atoms with E-state index in [9.17, 15) is 9.50 Å². The van der Waals surface area contributed by atoms with Gasteiger partial charge in [-0.05, 0) is 5.41 Å². The molecule has 0 aromatic rings. The number of rotatable bonds is 1. The van der Waals surface area contributed by atoms with Crippen LogP contribution in [0.4, 0.5) is 4.39 Å². The molecule has 0 aromatic heterocycles. The molecule has 4 heteroatoms. The summed E-state index contributed by atoms with van der Waals surface area (Å²) < 4.78 is 19.0. The van der Waals surface area contributed by atoms with E-state index in [1.54, 1.807) is 6.92 Å². The molecule has 1 aliphatic rings. The molecule has 1 rings (SSSR count). The lowest BCUT2D eigenvalue weighted by Gasteiger charge is -2.45. The van der Waals surface area contributed by atoms with Crippen LogP contribution in [0.1, 0.15) is 27.7 Å². The van der Waals surface area contributed by atoms with Gasteiger partial charge in [-0.25, -0.2) is 4.39 Å². The number of alkyl halides is 1. The average Bonchev–Trinajstić information content (AvgIpc) is 2.13. The maximum absolute atomic E-state index is 13.6. The molecule has 0 saturated carbocycles. The predicted octanol–water partition coefficient (Wildman–Crippen LogP) is 1.13. The van der Waals surface area contributed by atoms with Gasteiger partial charge >= 0.3 is 0 Å². The number of aliphatic hydroxyl groups excluding tert-OH is 2. The number of aliphatic hydroxyl groups is 2. The standard InChI is InChI=1S/C11H21FO3/c1-6-8(12)7(5-13)15-10(9(6)14)11(2,3)4/h6-10,13-14H,5H2,1-4H3/t6-,7+,8-,9+,10+/m0/s1. The van der Waals surface area contributed by atoms with Crippen molar-refractivity contribution in [1.82, 2.24) is 0 Å². The van der Waals surface area contributed by atoms with Crippen molar-refractivity contribution in [2.45, 2.75) is 52.2 Å². The lowest BCUT2D eigenvalue weighted by molar-refractivity contribution is -0.214. The summed E-state index contributed by atoms with van der Waals surface area (Å²) in [5, 5.41) is 18.9. The quantitative estimate of drug-likeness (QED) is 0.696. The van der Waals surface area contributed by atoms with E-state index in [1.807, 2.05) is 20.8 Å². The van der Waals surface area contributed by atoms with Crippen LogP contribution in [-0.4, -0.2) is 41.3 Å². The van der Waals surface area contributed by atoms with Gasteiger partial charge in [-0.3, -0.25) is 0 Å². The molecule has 1 fully saturated rings. The van der Waals surface area contributed by atoms with E-state index in [-0.39, 0.29) is 12.0 Å². The lowest BCUT2D eigenvalue weighted by atomic mass is 9.77. The second kappa shape index (κ2) is 4.36. The summed E-state index contributed by atoms with van der Waals surface area (Å²) in [6, 6.07) is 0. The van der Waals surface area contributed by atoms with Crippen molar-refractivity contribution < 1.29 is 19.3 Å². The van der Waals surface area contributed by atoms with Crippen molar-refractivity contribution in [1.29, 1.82) is 0 Å². The van der Waals surface area contributed by atoms with E-state index in [1.165, 1.54) is 0 Å². The van der Waals surface area contributed by atoms with Gasteiger partial charge < -0.3 is 14.9 Å². The summed E-state index contributed by atoms with van der Waals surface area (Å²) in [6.07, 6.45) is -3.37. The molecule has 0 amide bonds. The van der Waals surface area contributed by atoms with Crippen molar-refractivity contribution in [3.63, 3.8) is 0 Å². The minimum absolute atomic E-state index is 0.263. The molecule has 0 unspecified atom stereocenters. The molecule has 5 atom stereocenters. The van der Waals surface area contributed by atoms with Gasteiger partial charge in [-0.15, -0.1) is 0 Å². The maximum atomic E-state index is 13.6. The van der Waals surface area contributed by atoms with Gasteiger partial charge in [0.1, 0.15) is 12.3 Å². The maximum Gasteiger partial charge on any atom is 0.134 e. The average molecular weight is 220 g/mol. The van der Waals surface area contributed by atoms with Crippen molar-refractivity contribution >= 4 is 0 Å². The third-order valence-corrected chi connectivity index (χ3v) is 3.06. The van der Waals surface area contributed by atoms with Crippen molar-refractivity contribution in [2.24, 2.45) is 11.3 Å². The van der Waals surface area contributed by atoms with Gasteiger partial charge in [0.05, 0.1) is 18.8 Å². The van der Waals surface area contributed by atoms with Crippen LogP contribution in [0.25, 0.3) is 0 Å². The molecule has 0 spiro atoms. The summed E-state index contributed by atoms with van der Waals surface area (Å²) in [7, 11) is 0. The van der Waals surface area contributed by atoms with Crippen molar-refractivity contribution in [3.8, 4) is 0 Å². The molecule has 2 N–H and O–H groups in total. The topological polar surface area (TPSA) is 49.7 Å². The highest BCUT2D eigenvalue weighted by molar-refractivity contribution is 4.94. The predicted molar refractivity (Wildman–Crippen MR) is 55.3 cm³/mol. The molecule has 0 aliphatic carbocycles. The highest BCUT2D eigenvalue weighted by Gasteiger charge is 2.46. The summed E-state index contributed by atoms with van der Waals surface area (Å²) in [5.41, 5.74) is -0.263. The van der Waals surface area contributed by atoms with E-state index < -0.39 is 30.4 Å². The fourth-order valence-corrected chi connectivity index (χ4v) is 2.01. The first-order valence-corrected chi connectivity index (χ1v) is 5.37. The van der Waals surface area contributed by atoms with Crippen LogP contribution >= 0.6 is 0 Å². The zero-order valence-corrected chi connectivity index (χ0v) is 9.77. The van der Waals surface area contributed by atoms with Gasteiger partial charge in [0.15, 0.2) is 0 Å². The zero-order chi connectivity index (χ0) is 11.8. The molecule has 0 radical (unpaired) electrons. The van der Waals surface area contributed by atoms with E-state index in [2.05, 4.69) is 0 Å². The highest BCUT2D eigenvalue weighted by atomic mass is 19.1. The molecular weight excluding hydrogens is 199 g/mol. The Kier molecular flexibility index (Phi) is 3.74. The molecule has 1 heterocycles. The smallest absolute Gasteiger partial charge is 0.134 e. The third-order valence-electron chi connectivity index (χ3n) is 3.06.